The molecule has 82 valence electrons. The van der Waals surface area contributed by atoms with E-state index in [9.17, 15) is 9.90 Å². The number of aliphatic hydroxyl groups is 1. The number of halogens is 2. The van der Waals surface area contributed by atoms with Crippen LogP contribution in [-0.2, 0) is 4.79 Å². The highest BCUT2D eigenvalue weighted by Crippen LogP contribution is 2.31. The Morgan fingerprint density at radius 1 is 1.33 bits per heavy atom. The third-order valence-electron chi connectivity index (χ3n) is 1.92. The van der Waals surface area contributed by atoms with Crippen LogP contribution in [0.2, 0.25) is 10.0 Å². The number of aliphatic carboxylic acids is 1. The minimum atomic E-state index is -1.46. The summed E-state index contributed by atoms with van der Waals surface area (Å²) >= 11 is 11.6. The molecule has 0 amide bonds. The molecule has 0 bridgehead atoms. The van der Waals surface area contributed by atoms with E-state index in [1.165, 1.54) is 12.1 Å². The zero-order chi connectivity index (χ0) is 11.6. The van der Waals surface area contributed by atoms with E-state index < -0.39 is 18.1 Å². The average molecular weight is 250 g/mol. The summed E-state index contributed by atoms with van der Waals surface area (Å²) in [6.45, 7) is 0. The lowest BCUT2D eigenvalue weighted by Gasteiger charge is -2.17. The molecule has 0 aliphatic rings. The number of nitrogens with two attached hydrogens (primary N) is 1. The maximum Gasteiger partial charge on any atom is 0.323 e. The van der Waals surface area contributed by atoms with Gasteiger partial charge in [-0.25, -0.2) is 0 Å². The Balaban J connectivity index is 3.10. The number of aliphatic hydroxyl groups excluding tert-OH is 1. The number of carbonyl (C=O) groups is 1. The third kappa shape index (κ3) is 2.60. The van der Waals surface area contributed by atoms with Crippen LogP contribution in [0.1, 0.15) is 11.7 Å². The Labute approximate surface area is 96.2 Å². The molecule has 0 saturated heterocycles. The molecular weight excluding hydrogens is 241 g/mol. The summed E-state index contributed by atoms with van der Waals surface area (Å²) in [4.78, 5) is 10.6. The van der Waals surface area contributed by atoms with E-state index >= 15 is 0 Å². The summed E-state index contributed by atoms with van der Waals surface area (Å²) in [5.41, 5.74) is 5.40. The number of rotatable bonds is 3. The van der Waals surface area contributed by atoms with E-state index in [1.54, 1.807) is 6.07 Å². The van der Waals surface area contributed by atoms with Gasteiger partial charge in [-0.05, 0) is 12.1 Å². The van der Waals surface area contributed by atoms with Crippen LogP contribution in [0, 0.1) is 0 Å². The van der Waals surface area contributed by atoms with Crippen LogP contribution >= 0.6 is 23.2 Å². The zero-order valence-corrected chi connectivity index (χ0v) is 9.03. The van der Waals surface area contributed by atoms with E-state index in [0.717, 1.165) is 0 Å². The van der Waals surface area contributed by atoms with E-state index in [1.807, 2.05) is 0 Å². The molecule has 0 radical (unpaired) electrons. The van der Waals surface area contributed by atoms with E-state index in [-0.39, 0.29) is 15.6 Å². The van der Waals surface area contributed by atoms with Crippen molar-refractivity contribution in [3.63, 3.8) is 0 Å². The molecule has 2 atom stereocenters. The number of carboxylic acids is 1. The molecule has 0 heterocycles. The topological polar surface area (TPSA) is 83.6 Å². The van der Waals surface area contributed by atoms with E-state index in [0.29, 0.717) is 0 Å². The van der Waals surface area contributed by atoms with Gasteiger partial charge in [-0.2, -0.15) is 0 Å². The van der Waals surface area contributed by atoms with Crippen molar-refractivity contribution in [1.82, 2.24) is 0 Å². The molecule has 0 aromatic heterocycles. The Kier molecular flexibility index (Phi) is 3.93. The number of carboxylic acid groups (broad SMARTS) is 1. The Morgan fingerprint density at radius 2 is 1.80 bits per heavy atom. The predicted octanol–water partition coefficient (Wildman–Crippen LogP) is 1.44. The Hall–Kier alpha value is -0.810. The van der Waals surface area contributed by atoms with Gasteiger partial charge in [0.25, 0.3) is 0 Å². The van der Waals surface area contributed by atoms with Gasteiger partial charge in [-0.15, -0.1) is 0 Å². The average Bonchev–Trinajstić information content (AvgIpc) is 2.15. The van der Waals surface area contributed by atoms with Crippen LogP contribution < -0.4 is 5.73 Å². The van der Waals surface area contributed by atoms with Gasteiger partial charge in [-0.1, -0.05) is 29.3 Å². The van der Waals surface area contributed by atoms with Crippen LogP contribution in [0.5, 0.6) is 0 Å². The Morgan fingerprint density at radius 3 is 2.20 bits per heavy atom. The van der Waals surface area contributed by atoms with Gasteiger partial charge in [0.05, 0.1) is 0 Å². The van der Waals surface area contributed by atoms with Crippen LogP contribution in [0.25, 0.3) is 0 Å². The third-order valence-corrected chi connectivity index (χ3v) is 2.58. The lowest BCUT2D eigenvalue weighted by molar-refractivity contribution is -0.141. The summed E-state index contributed by atoms with van der Waals surface area (Å²) in [7, 11) is 0. The second kappa shape index (κ2) is 4.81. The lowest BCUT2D eigenvalue weighted by atomic mass is 10.0. The van der Waals surface area contributed by atoms with Crippen LogP contribution in [0.3, 0.4) is 0 Å². The summed E-state index contributed by atoms with van der Waals surface area (Å²) in [6, 6.07) is 3.14. The molecule has 0 saturated carbocycles. The molecule has 0 spiro atoms. The minimum absolute atomic E-state index is 0.135. The van der Waals surface area contributed by atoms with E-state index in [4.69, 9.17) is 34.0 Å². The highest BCUT2D eigenvalue weighted by Gasteiger charge is 2.27. The van der Waals surface area contributed by atoms with Crippen LogP contribution in [0.15, 0.2) is 18.2 Å². The molecular formula is C9H9Cl2NO3. The van der Waals surface area contributed by atoms with Gasteiger partial charge in [0.1, 0.15) is 12.1 Å². The molecule has 0 fully saturated rings. The van der Waals surface area contributed by atoms with Crippen molar-refractivity contribution in [3.05, 3.63) is 33.8 Å². The number of benzene rings is 1. The zero-order valence-electron chi connectivity index (χ0n) is 7.52. The smallest absolute Gasteiger partial charge is 0.323 e. The van der Waals surface area contributed by atoms with Gasteiger partial charge < -0.3 is 15.9 Å². The highest BCUT2D eigenvalue weighted by atomic mass is 35.5. The number of hydrogen-bond acceptors (Lipinski definition) is 3. The van der Waals surface area contributed by atoms with Gasteiger partial charge in [-0.3, -0.25) is 4.79 Å². The monoisotopic (exact) mass is 249 g/mol. The predicted molar refractivity (Wildman–Crippen MR) is 57.0 cm³/mol. The maximum atomic E-state index is 10.6. The van der Waals surface area contributed by atoms with Crippen LogP contribution in [0.4, 0.5) is 0 Å². The minimum Gasteiger partial charge on any atom is -0.480 e. The van der Waals surface area contributed by atoms with E-state index in [2.05, 4.69) is 0 Å². The molecule has 1 aromatic rings. The number of hydrogen-bond donors (Lipinski definition) is 3. The SMILES string of the molecule is NC(C(=O)O)C(O)c1c(Cl)cccc1Cl. The van der Waals surface area contributed by atoms with Crippen molar-refractivity contribution in [2.75, 3.05) is 0 Å². The normalized spacial score (nSPS) is 14.7. The fourth-order valence-corrected chi connectivity index (χ4v) is 1.73. The van der Waals surface area contributed by atoms with Crippen molar-refractivity contribution in [3.8, 4) is 0 Å². The summed E-state index contributed by atoms with van der Waals surface area (Å²) < 4.78 is 0. The fourth-order valence-electron chi connectivity index (χ4n) is 1.11. The molecule has 4 nitrogen and oxygen atoms in total. The largest absolute Gasteiger partial charge is 0.480 e. The maximum absolute atomic E-state index is 10.6. The summed E-state index contributed by atoms with van der Waals surface area (Å²) in [5, 5.41) is 18.6. The molecule has 15 heavy (non-hydrogen) atoms. The quantitative estimate of drug-likeness (QED) is 0.757. The fraction of sp³-hybridized carbons (Fsp3) is 0.222. The van der Waals surface area contributed by atoms with Crippen molar-refractivity contribution >= 4 is 29.2 Å². The molecule has 0 aliphatic carbocycles. The molecule has 1 aromatic carbocycles. The molecule has 2 unspecified atom stereocenters. The molecule has 6 heteroatoms. The second-order valence-corrected chi connectivity index (χ2v) is 3.76. The van der Waals surface area contributed by atoms with Gasteiger partial charge >= 0.3 is 5.97 Å². The van der Waals surface area contributed by atoms with Crippen LogP contribution in [-0.4, -0.2) is 22.2 Å². The van der Waals surface area contributed by atoms with Crippen molar-refractivity contribution in [1.29, 1.82) is 0 Å². The standard InChI is InChI=1S/C9H9Cl2NO3/c10-4-2-1-3-5(11)6(4)8(13)7(12)9(14)15/h1-3,7-8,13H,12H2,(H,14,15). The lowest BCUT2D eigenvalue weighted by Crippen LogP contribution is -2.36. The first-order chi connectivity index (χ1) is 6.95. The molecule has 4 N–H and O–H groups in total. The van der Waals surface area contributed by atoms with Gasteiger partial charge in [0.15, 0.2) is 0 Å². The first-order valence-electron chi connectivity index (χ1n) is 4.05. The summed E-state index contributed by atoms with van der Waals surface area (Å²) in [5.74, 6) is -1.32. The summed E-state index contributed by atoms with van der Waals surface area (Å²) in [6.07, 6.45) is -1.43. The van der Waals surface area contributed by atoms with Gasteiger partial charge in [0.2, 0.25) is 0 Å². The highest BCUT2D eigenvalue weighted by molar-refractivity contribution is 6.36. The Bertz CT molecular complexity index is 363. The molecule has 1 rings (SSSR count). The van der Waals surface area contributed by atoms with Crippen molar-refractivity contribution < 1.29 is 15.0 Å². The molecule has 0 aliphatic heterocycles. The van der Waals surface area contributed by atoms with Gasteiger partial charge in [0, 0.05) is 15.6 Å². The van der Waals surface area contributed by atoms with Crippen molar-refractivity contribution in [2.45, 2.75) is 12.1 Å². The van der Waals surface area contributed by atoms with Crippen molar-refractivity contribution in [2.24, 2.45) is 5.73 Å². The first kappa shape index (κ1) is 12.3. The first-order valence-corrected chi connectivity index (χ1v) is 4.81. The second-order valence-electron chi connectivity index (χ2n) is 2.94.